The number of nitrogens with two attached hydrogens (primary N) is 1. The number of aromatic nitrogens is 4. The molecule has 3 unspecified atom stereocenters. The molecule has 192 valence electrons. The molecule has 0 spiro atoms. The van der Waals surface area contributed by atoms with Crippen molar-refractivity contribution in [2.45, 2.75) is 24.5 Å². The number of hydrogen-bond acceptors (Lipinski definition) is 14. The summed E-state index contributed by atoms with van der Waals surface area (Å²) in [5, 5.41) is 10.5. The quantitative estimate of drug-likeness (QED) is 0.193. The van der Waals surface area contributed by atoms with Crippen LogP contribution in [0.3, 0.4) is 0 Å². The first-order chi connectivity index (χ1) is 15.7. The van der Waals surface area contributed by atoms with E-state index in [-0.39, 0.29) is 17.1 Å². The van der Waals surface area contributed by atoms with E-state index in [9.17, 15) is 33.4 Å². The Hall–Kier alpha value is -1.56. The summed E-state index contributed by atoms with van der Waals surface area (Å²) >= 11 is 0. The zero-order valence-electron chi connectivity index (χ0n) is 17.2. The molecular weight excluding hydrogens is 531 g/mol. The molecule has 0 aliphatic carbocycles. The summed E-state index contributed by atoms with van der Waals surface area (Å²) in [6.45, 7) is -0.894. The number of fused-ring (bicyclic) bond motifs is 1. The summed E-state index contributed by atoms with van der Waals surface area (Å²) < 4.78 is 63.1. The number of nitrogens with zero attached hydrogens (tertiary/aromatic N) is 3. The first kappa shape index (κ1) is 27.0. The van der Waals surface area contributed by atoms with Crippen molar-refractivity contribution in [3.8, 4) is 0 Å². The zero-order chi connectivity index (χ0) is 25.5. The first-order valence-electron chi connectivity index (χ1n) is 8.88. The lowest BCUT2D eigenvalue weighted by atomic mass is 10.1. The molecule has 3 heterocycles. The minimum Gasteiger partial charge on any atom is -0.387 e. The predicted molar refractivity (Wildman–Crippen MR) is 108 cm³/mol. The fraction of sp³-hybridized carbons (Fsp3) is 0.583. The Labute approximate surface area is 189 Å². The normalized spacial score (nSPS) is 28.4. The van der Waals surface area contributed by atoms with Gasteiger partial charge in [-0.05, 0) is 0 Å². The highest BCUT2D eigenvalue weighted by Gasteiger charge is 2.48. The van der Waals surface area contributed by atoms with Crippen LogP contribution in [-0.4, -0.2) is 78.4 Å². The number of methoxy groups -OCH3 is 1. The molecule has 7 atom stereocenters. The largest absolute Gasteiger partial charge is 0.490 e. The van der Waals surface area contributed by atoms with Crippen molar-refractivity contribution in [1.82, 2.24) is 19.5 Å². The van der Waals surface area contributed by atoms with E-state index in [0.717, 1.165) is 0 Å². The number of H-pyrrole nitrogens is 1. The van der Waals surface area contributed by atoms with Gasteiger partial charge in [-0.3, -0.25) is 23.4 Å². The van der Waals surface area contributed by atoms with Crippen molar-refractivity contribution < 1.29 is 60.6 Å². The number of nitrogens with one attached hydrogen (secondary N) is 1. The second-order valence-corrected chi connectivity index (χ2v) is 11.3. The maximum atomic E-state index is 12.0. The Kier molecular flexibility index (Phi) is 7.82. The van der Waals surface area contributed by atoms with Gasteiger partial charge in [0.1, 0.15) is 18.3 Å². The van der Waals surface area contributed by atoms with E-state index < -0.39 is 60.2 Å². The van der Waals surface area contributed by atoms with Crippen LogP contribution in [0.15, 0.2) is 11.1 Å². The summed E-state index contributed by atoms with van der Waals surface area (Å²) in [5.41, 5.74) is 4.81. The van der Waals surface area contributed by atoms with Gasteiger partial charge in [0.05, 0.1) is 12.9 Å². The third kappa shape index (κ3) is 5.98. The van der Waals surface area contributed by atoms with Crippen molar-refractivity contribution in [2.24, 2.45) is 0 Å². The number of aliphatic hydroxyl groups is 1. The van der Waals surface area contributed by atoms with Crippen LogP contribution in [0.1, 0.15) is 6.23 Å². The Morgan fingerprint density at radius 3 is 2.44 bits per heavy atom. The second kappa shape index (κ2) is 9.83. The molecule has 2 aromatic rings. The number of ether oxygens (including phenoxy) is 2. The highest BCUT2D eigenvalue weighted by molar-refractivity contribution is 7.66. The van der Waals surface area contributed by atoms with Crippen LogP contribution in [0.25, 0.3) is 11.2 Å². The summed E-state index contributed by atoms with van der Waals surface area (Å²) in [6, 6.07) is 0. The highest BCUT2D eigenvalue weighted by Crippen LogP contribution is 2.67. The van der Waals surface area contributed by atoms with Crippen LogP contribution in [0.2, 0.25) is 0 Å². The van der Waals surface area contributed by atoms with Crippen LogP contribution in [0, 0.1) is 0 Å². The van der Waals surface area contributed by atoms with Crippen molar-refractivity contribution in [3.05, 3.63) is 16.7 Å². The molecule has 34 heavy (non-hydrogen) atoms. The van der Waals surface area contributed by atoms with E-state index >= 15 is 0 Å². The molecule has 3 rings (SSSR count). The molecule has 1 fully saturated rings. The van der Waals surface area contributed by atoms with Gasteiger partial charge in [-0.25, -0.2) is 18.7 Å². The minimum absolute atomic E-state index is 0.0109. The van der Waals surface area contributed by atoms with Crippen molar-refractivity contribution >= 4 is 40.6 Å². The summed E-state index contributed by atoms with van der Waals surface area (Å²) in [6.07, 6.45) is -3.99. The smallest absolute Gasteiger partial charge is 0.387 e. The predicted octanol–water partition coefficient (Wildman–Crippen LogP) is -1.03. The standard InChI is InChI=1S/C12H20N5O14P3/c1-26-8-7(18)5(3-28-33(22,23)31-34(24,25)30-32(20,21)27-2)29-11(8)17-4-14-6-9(17)15-12(13)16-10(6)19/h4-5,7-8,11,18H,3H2,1-2H3,(H,20,21)(H,22,23)(H,24,25)(H3,13,15,16,19)/t5-,7-,8-,11-/m1/s1. The van der Waals surface area contributed by atoms with Gasteiger partial charge in [0.2, 0.25) is 5.95 Å². The lowest BCUT2D eigenvalue weighted by molar-refractivity contribution is -0.0577. The van der Waals surface area contributed by atoms with Gasteiger partial charge in [-0.1, -0.05) is 0 Å². The van der Waals surface area contributed by atoms with Gasteiger partial charge in [0, 0.05) is 14.2 Å². The number of anilines is 1. The number of aliphatic hydroxyl groups excluding tert-OH is 1. The van der Waals surface area contributed by atoms with Gasteiger partial charge < -0.3 is 35.0 Å². The monoisotopic (exact) mass is 551 g/mol. The van der Waals surface area contributed by atoms with Gasteiger partial charge >= 0.3 is 23.5 Å². The SMILES string of the molecule is CO[C@@H]1[C@H](O)[C@@H](COP(=O)(O)OP(=O)(O)OP(=O)(O)OC)O[C@H]1n1cnc2c(=O)[nH]c(N)nc21. The summed E-state index contributed by atoms with van der Waals surface area (Å²) in [4.78, 5) is 50.2. The van der Waals surface area contributed by atoms with Gasteiger partial charge in [0.25, 0.3) is 5.56 Å². The number of hydrogen-bond donors (Lipinski definition) is 6. The Bertz CT molecular complexity index is 1250. The molecule has 7 N–H and O–H groups in total. The lowest BCUT2D eigenvalue weighted by Crippen LogP contribution is -2.35. The molecule has 1 saturated heterocycles. The van der Waals surface area contributed by atoms with Crippen LogP contribution >= 0.6 is 23.5 Å². The van der Waals surface area contributed by atoms with Crippen molar-refractivity contribution in [1.29, 1.82) is 0 Å². The topological polar surface area (TPSA) is 277 Å². The first-order valence-corrected chi connectivity index (χ1v) is 13.4. The molecule has 0 saturated carbocycles. The third-order valence-electron chi connectivity index (χ3n) is 4.36. The van der Waals surface area contributed by atoms with E-state index in [1.807, 2.05) is 0 Å². The van der Waals surface area contributed by atoms with Crippen LogP contribution < -0.4 is 11.3 Å². The van der Waals surface area contributed by atoms with E-state index in [4.69, 9.17) is 20.1 Å². The van der Waals surface area contributed by atoms with E-state index in [2.05, 4.69) is 32.6 Å². The molecule has 1 aliphatic rings. The fourth-order valence-corrected chi connectivity index (χ4v) is 6.23. The Morgan fingerprint density at radius 2 is 1.82 bits per heavy atom. The van der Waals surface area contributed by atoms with Crippen LogP contribution in [0.5, 0.6) is 0 Å². The molecule has 0 radical (unpaired) electrons. The molecular formula is C12H20N5O14P3. The van der Waals surface area contributed by atoms with E-state index in [0.29, 0.717) is 7.11 Å². The highest BCUT2D eigenvalue weighted by atomic mass is 31.3. The maximum Gasteiger partial charge on any atom is 0.490 e. The zero-order valence-corrected chi connectivity index (χ0v) is 19.9. The Morgan fingerprint density at radius 1 is 1.18 bits per heavy atom. The number of rotatable bonds is 10. The molecule has 19 nitrogen and oxygen atoms in total. The molecule has 0 bridgehead atoms. The summed E-state index contributed by atoms with van der Waals surface area (Å²) in [7, 11) is -14.2. The Balaban J connectivity index is 1.75. The number of imidazole rings is 1. The molecule has 0 amide bonds. The number of phosphoric acid groups is 3. The number of aromatic amines is 1. The van der Waals surface area contributed by atoms with Crippen molar-refractivity contribution in [2.75, 3.05) is 26.6 Å². The number of phosphoric ester groups is 2. The number of nitrogen functional groups attached to an aromatic ring is 1. The van der Waals surface area contributed by atoms with Gasteiger partial charge in [-0.2, -0.15) is 13.6 Å². The van der Waals surface area contributed by atoms with Gasteiger partial charge in [-0.15, -0.1) is 0 Å². The van der Waals surface area contributed by atoms with Crippen LogP contribution in [-0.2, 0) is 40.8 Å². The maximum absolute atomic E-state index is 12.0. The molecule has 0 aromatic carbocycles. The molecule has 1 aliphatic heterocycles. The average Bonchev–Trinajstić information content (AvgIpc) is 3.25. The lowest BCUT2D eigenvalue weighted by Gasteiger charge is -2.20. The van der Waals surface area contributed by atoms with Crippen LogP contribution in [0.4, 0.5) is 5.95 Å². The van der Waals surface area contributed by atoms with Crippen molar-refractivity contribution in [3.63, 3.8) is 0 Å². The molecule has 22 heteroatoms. The van der Waals surface area contributed by atoms with E-state index in [1.54, 1.807) is 0 Å². The van der Waals surface area contributed by atoms with E-state index in [1.165, 1.54) is 18.0 Å². The van der Waals surface area contributed by atoms with Gasteiger partial charge in [0.15, 0.2) is 17.4 Å². The third-order valence-corrected chi connectivity index (χ3v) is 8.59. The fourth-order valence-electron chi connectivity index (χ4n) is 2.96. The minimum atomic E-state index is -5.60. The summed E-state index contributed by atoms with van der Waals surface area (Å²) in [5.74, 6) is -0.221. The second-order valence-electron chi connectivity index (χ2n) is 6.58. The molecule has 2 aromatic heterocycles. The average molecular weight is 551 g/mol.